The van der Waals surface area contributed by atoms with Crippen molar-refractivity contribution >= 4 is 33.9 Å². The molecule has 1 amide bonds. The molecule has 32 heavy (non-hydrogen) atoms. The minimum absolute atomic E-state index is 0.0188. The Kier molecular flexibility index (Phi) is 5.80. The number of ether oxygens (including phenoxy) is 1. The molecule has 3 aromatic rings. The lowest BCUT2D eigenvalue weighted by molar-refractivity contribution is -0.132. The Hall–Kier alpha value is -3.52. The molecular formula is C24H23N3O4S. The average Bonchev–Trinajstić information content (AvgIpc) is 3.34. The van der Waals surface area contributed by atoms with Gasteiger partial charge in [-0.2, -0.15) is 0 Å². The van der Waals surface area contributed by atoms with Crippen molar-refractivity contribution in [2.45, 2.75) is 32.7 Å². The minimum Gasteiger partial charge on any atom is -0.507 e. The van der Waals surface area contributed by atoms with E-state index in [1.54, 1.807) is 38.3 Å². The number of anilines is 1. The summed E-state index contributed by atoms with van der Waals surface area (Å²) >= 11 is 1.22. The SMILES string of the molecule is COc1ccc(/C(O)=C2\C(=O)C(=O)N(c3nnc(C)s3)C2c2ccc(C(C)C)cc2)cc1. The van der Waals surface area contributed by atoms with Gasteiger partial charge in [-0.05, 0) is 48.2 Å². The van der Waals surface area contributed by atoms with Gasteiger partial charge in [0.05, 0.1) is 18.7 Å². The highest BCUT2D eigenvalue weighted by Gasteiger charge is 2.48. The van der Waals surface area contributed by atoms with Gasteiger partial charge in [-0.15, -0.1) is 10.2 Å². The molecule has 7 nitrogen and oxygen atoms in total. The van der Waals surface area contributed by atoms with E-state index < -0.39 is 17.7 Å². The second-order valence-electron chi connectivity index (χ2n) is 7.82. The molecule has 0 saturated carbocycles. The summed E-state index contributed by atoms with van der Waals surface area (Å²) < 4.78 is 5.17. The van der Waals surface area contributed by atoms with Crippen molar-refractivity contribution in [3.63, 3.8) is 0 Å². The number of carbonyl (C=O) groups excluding carboxylic acids is 2. The van der Waals surface area contributed by atoms with Gasteiger partial charge in [0.25, 0.3) is 5.78 Å². The van der Waals surface area contributed by atoms with Crippen molar-refractivity contribution in [1.29, 1.82) is 0 Å². The van der Waals surface area contributed by atoms with Crippen LogP contribution >= 0.6 is 11.3 Å². The number of aliphatic hydroxyl groups excluding tert-OH is 1. The van der Waals surface area contributed by atoms with E-state index in [-0.39, 0.29) is 11.3 Å². The number of hydrogen-bond acceptors (Lipinski definition) is 7. The van der Waals surface area contributed by atoms with E-state index in [1.165, 1.54) is 16.2 Å². The van der Waals surface area contributed by atoms with Crippen molar-refractivity contribution in [3.8, 4) is 5.75 Å². The Morgan fingerprint density at radius 3 is 2.25 bits per heavy atom. The van der Waals surface area contributed by atoms with Gasteiger partial charge < -0.3 is 9.84 Å². The molecule has 2 heterocycles. The van der Waals surface area contributed by atoms with Gasteiger partial charge >= 0.3 is 5.91 Å². The first-order valence-electron chi connectivity index (χ1n) is 10.2. The van der Waals surface area contributed by atoms with Crippen LogP contribution in [-0.4, -0.2) is 34.1 Å². The first-order chi connectivity index (χ1) is 15.3. The maximum absolute atomic E-state index is 13.1. The molecule has 4 rings (SSSR count). The number of ketones is 1. The van der Waals surface area contributed by atoms with E-state index in [9.17, 15) is 14.7 Å². The molecule has 2 aromatic carbocycles. The molecule has 1 aliphatic heterocycles. The summed E-state index contributed by atoms with van der Waals surface area (Å²) in [6, 6.07) is 13.6. The number of aromatic nitrogens is 2. The van der Waals surface area contributed by atoms with E-state index in [1.807, 2.05) is 24.3 Å². The Morgan fingerprint density at radius 2 is 1.72 bits per heavy atom. The van der Waals surface area contributed by atoms with Crippen LogP contribution in [0.4, 0.5) is 5.13 Å². The molecule has 0 aliphatic carbocycles. The lowest BCUT2D eigenvalue weighted by Gasteiger charge is -2.23. The molecule has 1 atom stereocenters. The second kappa shape index (κ2) is 8.55. The summed E-state index contributed by atoms with van der Waals surface area (Å²) in [4.78, 5) is 27.5. The van der Waals surface area contributed by atoms with Crippen LogP contribution in [0.2, 0.25) is 0 Å². The van der Waals surface area contributed by atoms with Gasteiger partial charge in [0.2, 0.25) is 5.13 Å². The third-order valence-corrected chi connectivity index (χ3v) is 6.29. The Morgan fingerprint density at radius 1 is 1.06 bits per heavy atom. The number of hydrogen-bond donors (Lipinski definition) is 1. The van der Waals surface area contributed by atoms with Gasteiger partial charge in [-0.25, -0.2) is 0 Å². The number of rotatable bonds is 5. The van der Waals surface area contributed by atoms with Crippen LogP contribution in [0.15, 0.2) is 54.1 Å². The van der Waals surface area contributed by atoms with Gasteiger partial charge in [0.1, 0.15) is 16.5 Å². The van der Waals surface area contributed by atoms with Gasteiger partial charge in [-0.3, -0.25) is 14.5 Å². The number of aliphatic hydroxyl groups is 1. The lowest BCUT2D eigenvalue weighted by atomic mass is 9.93. The largest absolute Gasteiger partial charge is 0.507 e. The normalized spacial score (nSPS) is 17.9. The van der Waals surface area contributed by atoms with E-state index in [0.29, 0.717) is 32.9 Å². The van der Waals surface area contributed by atoms with Crippen LogP contribution in [0.3, 0.4) is 0 Å². The smallest absolute Gasteiger partial charge is 0.301 e. The molecule has 1 unspecified atom stereocenters. The summed E-state index contributed by atoms with van der Waals surface area (Å²) in [5.74, 6) is -0.793. The number of carbonyl (C=O) groups is 2. The quantitative estimate of drug-likeness (QED) is 0.348. The van der Waals surface area contributed by atoms with Crippen LogP contribution < -0.4 is 9.64 Å². The maximum Gasteiger partial charge on any atom is 0.301 e. The van der Waals surface area contributed by atoms with Crippen LogP contribution in [-0.2, 0) is 9.59 Å². The predicted molar refractivity (Wildman–Crippen MR) is 123 cm³/mol. The van der Waals surface area contributed by atoms with Crippen LogP contribution in [0.1, 0.15) is 47.5 Å². The third kappa shape index (κ3) is 3.78. The minimum atomic E-state index is -0.814. The predicted octanol–water partition coefficient (Wildman–Crippen LogP) is 4.60. The molecule has 1 saturated heterocycles. The van der Waals surface area contributed by atoms with E-state index in [2.05, 4.69) is 24.0 Å². The molecule has 0 bridgehead atoms. The number of amides is 1. The van der Waals surface area contributed by atoms with Crippen molar-refractivity contribution in [1.82, 2.24) is 10.2 Å². The van der Waals surface area contributed by atoms with E-state index >= 15 is 0 Å². The highest BCUT2D eigenvalue weighted by Crippen LogP contribution is 2.43. The standard InChI is InChI=1S/C24H23N3O4S/c1-13(2)15-5-7-16(8-6-15)20-19(21(28)17-9-11-18(31-4)12-10-17)22(29)23(30)27(20)24-26-25-14(3)32-24/h5-13,20,28H,1-4H3/b21-19+. The number of methoxy groups -OCH3 is 1. The van der Waals surface area contributed by atoms with Gasteiger partial charge in [-0.1, -0.05) is 49.4 Å². The van der Waals surface area contributed by atoms with Crippen molar-refractivity contribution in [2.24, 2.45) is 0 Å². The number of benzene rings is 2. The molecule has 164 valence electrons. The zero-order valence-corrected chi connectivity index (χ0v) is 19.0. The highest BCUT2D eigenvalue weighted by molar-refractivity contribution is 7.15. The summed E-state index contributed by atoms with van der Waals surface area (Å²) in [5, 5.41) is 20.2. The molecule has 1 N–H and O–H groups in total. The molecule has 0 spiro atoms. The van der Waals surface area contributed by atoms with Gasteiger partial charge in [0.15, 0.2) is 0 Å². The summed E-state index contributed by atoms with van der Waals surface area (Å²) in [7, 11) is 1.55. The topological polar surface area (TPSA) is 92.6 Å². The fourth-order valence-electron chi connectivity index (χ4n) is 3.70. The van der Waals surface area contributed by atoms with Gasteiger partial charge in [0, 0.05) is 5.56 Å². The fourth-order valence-corrected chi connectivity index (χ4v) is 4.41. The summed E-state index contributed by atoms with van der Waals surface area (Å²) in [5.41, 5.74) is 2.27. The lowest BCUT2D eigenvalue weighted by Crippen LogP contribution is -2.29. The zero-order chi connectivity index (χ0) is 23.0. The molecular weight excluding hydrogens is 426 g/mol. The monoisotopic (exact) mass is 449 g/mol. The van der Waals surface area contributed by atoms with Crippen LogP contribution in [0.5, 0.6) is 5.75 Å². The van der Waals surface area contributed by atoms with Crippen molar-refractivity contribution < 1.29 is 19.4 Å². The third-order valence-electron chi connectivity index (χ3n) is 5.45. The Bertz CT molecular complexity index is 1200. The van der Waals surface area contributed by atoms with Crippen LogP contribution in [0.25, 0.3) is 5.76 Å². The van der Waals surface area contributed by atoms with Crippen LogP contribution in [0, 0.1) is 6.92 Å². The summed E-state index contributed by atoms with van der Waals surface area (Å²) in [6.07, 6.45) is 0. The number of nitrogens with zero attached hydrogens (tertiary/aromatic N) is 3. The number of aryl methyl sites for hydroxylation is 1. The summed E-state index contributed by atoms with van der Waals surface area (Å²) in [6.45, 7) is 5.96. The highest BCUT2D eigenvalue weighted by atomic mass is 32.1. The van der Waals surface area contributed by atoms with E-state index in [4.69, 9.17) is 4.74 Å². The first-order valence-corrected chi connectivity index (χ1v) is 11.0. The number of Topliss-reactive ketones (excluding diaryl/α,β-unsaturated/α-hetero) is 1. The molecule has 1 fully saturated rings. The van der Waals surface area contributed by atoms with Crippen molar-refractivity contribution in [2.75, 3.05) is 12.0 Å². The first kappa shape index (κ1) is 21.7. The van der Waals surface area contributed by atoms with Crippen molar-refractivity contribution in [3.05, 3.63) is 75.8 Å². The molecule has 1 aliphatic rings. The molecule has 8 heteroatoms. The molecule has 0 radical (unpaired) electrons. The zero-order valence-electron chi connectivity index (χ0n) is 18.2. The van der Waals surface area contributed by atoms with E-state index in [0.717, 1.165) is 5.56 Å². The maximum atomic E-state index is 13.1. The Labute approximate surface area is 190 Å². The fraction of sp³-hybridized carbons (Fsp3) is 0.250. The second-order valence-corrected chi connectivity index (χ2v) is 8.98. The molecule has 1 aromatic heterocycles. The average molecular weight is 450 g/mol. The Balaban J connectivity index is 1.89.